The number of halogens is 7. The van der Waals surface area contributed by atoms with Crippen LogP contribution in [-0.2, 0) is 12.4 Å². The summed E-state index contributed by atoms with van der Waals surface area (Å²) in [7, 11) is 0. The van der Waals surface area contributed by atoms with Crippen molar-refractivity contribution in [3.8, 4) is 22.9 Å². The van der Waals surface area contributed by atoms with Gasteiger partial charge < -0.3 is 19.5 Å². The molecule has 200 valence electrons. The number of hydrogen-bond donors (Lipinski definition) is 2. The van der Waals surface area contributed by atoms with Gasteiger partial charge in [0, 0.05) is 22.5 Å². The minimum absolute atomic E-state index is 0.0131. The molecular weight excluding hydrogens is 537 g/mol. The van der Waals surface area contributed by atoms with Crippen LogP contribution in [0.25, 0.3) is 22.9 Å². The van der Waals surface area contributed by atoms with Crippen LogP contribution in [0.3, 0.4) is 0 Å². The fourth-order valence-electron chi connectivity index (χ4n) is 3.49. The molecule has 0 bridgehead atoms. The highest BCUT2D eigenvalue weighted by Gasteiger charge is 2.33. The van der Waals surface area contributed by atoms with Crippen LogP contribution in [0.15, 0.2) is 76.3 Å². The van der Waals surface area contributed by atoms with Gasteiger partial charge >= 0.3 is 12.4 Å². The Morgan fingerprint density at radius 3 is 1.62 bits per heavy atom. The minimum Gasteiger partial charge on any atom is -0.445 e. The van der Waals surface area contributed by atoms with E-state index in [0.717, 1.165) is 24.3 Å². The third kappa shape index (κ3) is 5.81. The van der Waals surface area contributed by atoms with Crippen LogP contribution < -0.4 is 10.6 Å². The summed E-state index contributed by atoms with van der Waals surface area (Å²) in [5, 5.41) is 4.98. The molecule has 0 unspecified atom stereocenters. The average Bonchev–Trinajstić information content (AvgIpc) is 3.60. The first-order valence-electron chi connectivity index (χ1n) is 10.8. The minimum atomic E-state index is -4.75. The molecule has 0 aliphatic carbocycles. The maximum Gasteiger partial charge on any atom is 0.416 e. The van der Waals surface area contributed by atoms with Crippen molar-refractivity contribution < 1.29 is 39.6 Å². The smallest absolute Gasteiger partial charge is 0.416 e. The number of benzene rings is 2. The highest BCUT2D eigenvalue weighted by Crippen LogP contribution is 2.37. The average molecular weight is 550 g/mol. The molecule has 3 aromatic heterocycles. The van der Waals surface area contributed by atoms with E-state index in [9.17, 15) is 30.7 Å². The van der Waals surface area contributed by atoms with Gasteiger partial charge in [-0.05, 0) is 36.4 Å². The molecular formula is C24H13F7N6O2. The highest BCUT2D eigenvalue weighted by molar-refractivity contribution is 5.69. The summed E-state index contributed by atoms with van der Waals surface area (Å²) in [5.74, 6) is -2.14. The predicted octanol–water partition coefficient (Wildman–Crippen LogP) is 7.45. The third-order valence-corrected chi connectivity index (χ3v) is 5.14. The van der Waals surface area contributed by atoms with Crippen molar-refractivity contribution >= 4 is 23.1 Å². The summed E-state index contributed by atoms with van der Waals surface area (Å²) in [6, 6.07) is 5.62. The first-order valence-corrected chi connectivity index (χ1v) is 10.8. The van der Waals surface area contributed by atoms with E-state index in [1.165, 1.54) is 37.1 Å². The van der Waals surface area contributed by atoms with Crippen molar-refractivity contribution in [1.82, 2.24) is 19.9 Å². The van der Waals surface area contributed by atoms with Gasteiger partial charge in [0.15, 0.2) is 11.6 Å². The second-order valence-electron chi connectivity index (χ2n) is 7.91. The van der Waals surface area contributed by atoms with Crippen LogP contribution in [-0.4, -0.2) is 19.9 Å². The van der Waals surface area contributed by atoms with E-state index in [1.807, 2.05) is 0 Å². The molecule has 0 saturated heterocycles. The molecule has 0 radical (unpaired) electrons. The number of aromatic nitrogens is 4. The van der Waals surface area contributed by atoms with Crippen molar-refractivity contribution in [1.29, 1.82) is 0 Å². The molecule has 0 saturated carbocycles. The summed E-state index contributed by atoms with van der Waals surface area (Å²) < 4.78 is 106. The molecule has 5 aromatic rings. The highest BCUT2D eigenvalue weighted by atomic mass is 19.4. The number of hydrogen-bond acceptors (Lipinski definition) is 8. The molecule has 2 N–H and O–H groups in total. The Kier molecular flexibility index (Phi) is 6.41. The van der Waals surface area contributed by atoms with Crippen LogP contribution in [0, 0.1) is 5.82 Å². The first-order chi connectivity index (χ1) is 18.5. The Morgan fingerprint density at radius 1 is 0.641 bits per heavy atom. The molecule has 0 aliphatic rings. The Labute approximate surface area is 213 Å². The predicted molar refractivity (Wildman–Crippen MR) is 122 cm³/mol. The number of oxazole rings is 2. The number of anilines is 4. The normalized spacial score (nSPS) is 12.0. The van der Waals surface area contributed by atoms with Crippen molar-refractivity contribution in [3.05, 3.63) is 84.5 Å². The van der Waals surface area contributed by atoms with Gasteiger partial charge in [0.2, 0.25) is 17.7 Å². The summed E-state index contributed by atoms with van der Waals surface area (Å²) in [4.78, 5) is 15.3. The molecule has 2 aromatic carbocycles. The number of nitrogens with one attached hydrogen (secondary N) is 2. The topological polar surface area (TPSA) is 102 Å². The zero-order valence-electron chi connectivity index (χ0n) is 19.1. The van der Waals surface area contributed by atoms with E-state index in [1.54, 1.807) is 0 Å². The molecule has 0 amide bonds. The number of nitrogens with zero attached hydrogens (tertiary/aromatic N) is 4. The Balaban J connectivity index is 1.48. The van der Waals surface area contributed by atoms with Gasteiger partial charge in [0.1, 0.15) is 12.5 Å². The quantitative estimate of drug-likeness (QED) is 0.210. The lowest BCUT2D eigenvalue weighted by atomic mass is 10.1. The van der Waals surface area contributed by atoms with Crippen LogP contribution in [0.5, 0.6) is 0 Å². The summed E-state index contributed by atoms with van der Waals surface area (Å²) in [5.41, 5.74) is -2.53. The fraction of sp³-hybridized carbons (Fsp3) is 0.0833. The Hall–Kier alpha value is -4.95. The van der Waals surface area contributed by atoms with E-state index in [2.05, 4.69) is 30.6 Å². The van der Waals surface area contributed by atoms with Crippen LogP contribution in [0.2, 0.25) is 0 Å². The second kappa shape index (κ2) is 9.74. The third-order valence-electron chi connectivity index (χ3n) is 5.14. The van der Waals surface area contributed by atoms with Gasteiger partial charge in [-0.1, -0.05) is 0 Å². The van der Waals surface area contributed by atoms with E-state index in [0.29, 0.717) is 6.20 Å². The molecule has 3 heterocycles. The van der Waals surface area contributed by atoms with Gasteiger partial charge in [-0.3, -0.25) is 0 Å². The maximum atomic E-state index is 14.5. The molecule has 39 heavy (non-hydrogen) atoms. The van der Waals surface area contributed by atoms with Crippen molar-refractivity contribution in [2.45, 2.75) is 12.4 Å². The number of rotatable bonds is 6. The van der Waals surface area contributed by atoms with E-state index in [4.69, 9.17) is 8.83 Å². The molecule has 0 spiro atoms. The van der Waals surface area contributed by atoms with Crippen LogP contribution in [0.4, 0.5) is 53.9 Å². The number of alkyl halides is 6. The lowest BCUT2D eigenvalue weighted by Gasteiger charge is -2.14. The summed E-state index contributed by atoms with van der Waals surface area (Å²) >= 11 is 0. The largest absolute Gasteiger partial charge is 0.445 e. The zero-order chi connectivity index (χ0) is 27.8. The van der Waals surface area contributed by atoms with Crippen molar-refractivity contribution in [2.24, 2.45) is 0 Å². The standard InChI is InChI=1S/C24H13F7N6O2/c25-18-11-34-22(36-17-8-13(21-33-2-4-39-21)6-15(10-17)24(29,30)31)37-19(18)35-16-7-12(20-32-1-3-38-20)5-14(9-16)23(26,27)28/h1-11H,(H2,34,35,36,37). The van der Waals surface area contributed by atoms with Gasteiger partial charge in [0.05, 0.1) is 29.7 Å². The van der Waals surface area contributed by atoms with E-state index < -0.39 is 35.1 Å². The molecule has 8 nitrogen and oxygen atoms in total. The van der Waals surface area contributed by atoms with E-state index >= 15 is 0 Å². The first kappa shape index (κ1) is 25.7. The molecule has 0 atom stereocenters. The SMILES string of the molecule is Fc1cnc(Nc2cc(-c3ncco3)cc(C(F)(F)F)c2)nc1Nc1cc(-c2ncco2)cc(C(F)(F)F)c1. The Bertz CT molecular complexity index is 1600. The second-order valence-corrected chi connectivity index (χ2v) is 7.91. The van der Waals surface area contributed by atoms with Crippen molar-refractivity contribution in [3.63, 3.8) is 0 Å². The zero-order valence-corrected chi connectivity index (χ0v) is 19.1. The van der Waals surface area contributed by atoms with Gasteiger partial charge in [-0.25, -0.2) is 19.3 Å². The molecule has 15 heteroatoms. The van der Waals surface area contributed by atoms with Crippen molar-refractivity contribution in [2.75, 3.05) is 10.6 Å². The van der Waals surface area contributed by atoms with E-state index in [-0.39, 0.29) is 40.2 Å². The van der Waals surface area contributed by atoms with Gasteiger partial charge in [-0.2, -0.15) is 31.3 Å². The lowest BCUT2D eigenvalue weighted by molar-refractivity contribution is -0.138. The van der Waals surface area contributed by atoms with Crippen LogP contribution in [0.1, 0.15) is 11.1 Å². The molecule has 5 rings (SSSR count). The summed E-state index contributed by atoms with van der Waals surface area (Å²) in [6.07, 6.45) is -3.92. The molecule has 0 aliphatic heterocycles. The monoisotopic (exact) mass is 550 g/mol. The Morgan fingerprint density at radius 2 is 1.15 bits per heavy atom. The van der Waals surface area contributed by atoms with Gasteiger partial charge in [0.25, 0.3) is 0 Å². The summed E-state index contributed by atoms with van der Waals surface area (Å²) in [6.45, 7) is 0. The molecule has 0 fully saturated rings. The lowest BCUT2D eigenvalue weighted by Crippen LogP contribution is -2.08. The fourth-order valence-corrected chi connectivity index (χ4v) is 3.49. The van der Waals surface area contributed by atoms with Gasteiger partial charge in [-0.15, -0.1) is 0 Å². The maximum absolute atomic E-state index is 14.5. The van der Waals surface area contributed by atoms with Crippen LogP contribution >= 0.6 is 0 Å².